The van der Waals surface area contributed by atoms with Crippen molar-refractivity contribution in [1.82, 2.24) is 0 Å². The predicted octanol–water partition coefficient (Wildman–Crippen LogP) is 4.69. The number of carboxylic acid groups (broad SMARTS) is 2. The fourth-order valence-electron chi connectivity index (χ4n) is 2.80. The van der Waals surface area contributed by atoms with E-state index in [9.17, 15) is 19.8 Å². The van der Waals surface area contributed by atoms with Gasteiger partial charge in [0.05, 0.1) is 11.1 Å². The largest absolute Gasteiger partial charge is 0.478 e. The van der Waals surface area contributed by atoms with Crippen LogP contribution in [0.25, 0.3) is 12.2 Å². The van der Waals surface area contributed by atoms with Crippen molar-refractivity contribution < 1.29 is 19.8 Å². The first-order valence-corrected chi connectivity index (χ1v) is 7.73. The summed E-state index contributed by atoms with van der Waals surface area (Å²) >= 11 is 0. The van der Waals surface area contributed by atoms with Gasteiger partial charge in [-0.25, -0.2) is 9.59 Å². The van der Waals surface area contributed by atoms with Gasteiger partial charge in [0.2, 0.25) is 0 Å². The molecule has 2 aromatic carbocycles. The molecule has 2 aromatic rings. The van der Waals surface area contributed by atoms with Crippen LogP contribution in [0.3, 0.4) is 0 Å². The molecule has 2 N–H and O–H groups in total. The van der Waals surface area contributed by atoms with Gasteiger partial charge in [-0.15, -0.1) is 0 Å². The van der Waals surface area contributed by atoms with Crippen molar-refractivity contribution in [3.8, 4) is 0 Å². The van der Waals surface area contributed by atoms with Gasteiger partial charge in [0.1, 0.15) is 0 Å². The molecule has 2 rings (SSSR count). The van der Waals surface area contributed by atoms with E-state index in [4.69, 9.17) is 0 Å². The molecule has 0 heterocycles. The summed E-state index contributed by atoms with van der Waals surface area (Å²) in [5.41, 5.74) is 2.85. The Morgan fingerprint density at radius 3 is 1.48 bits per heavy atom. The predicted molar refractivity (Wildman–Crippen MR) is 99.1 cm³/mol. The van der Waals surface area contributed by atoms with Crippen LogP contribution in [0, 0.1) is 0 Å². The quantitative estimate of drug-likeness (QED) is 0.802. The molecule has 0 saturated heterocycles. The van der Waals surface area contributed by atoms with E-state index in [1.807, 2.05) is 13.8 Å². The number of benzene rings is 2. The van der Waals surface area contributed by atoms with Gasteiger partial charge in [-0.3, -0.25) is 0 Å². The number of rotatable bonds is 6. The molecular formula is C21H20O4. The van der Waals surface area contributed by atoms with Crippen molar-refractivity contribution in [2.24, 2.45) is 0 Å². The third-order valence-corrected chi connectivity index (χ3v) is 4.45. The van der Waals surface area contributed by atoms with Crippen LogP contribution in [0.1, 0.15) is 56.8 Å². The molecule has 4 nitrogen and oxygen atoms in total. The first kappa shape index (κ1) is 18.2. The Hall–Kier alpha value is -3.14. The van der Waals surface area contributed by atoms with Crippen LogP contribution in [-0.4, -0.2) is 22.2 Å². The summed E-state index contributed by atoms with van der Waals surface area (Å²) in [6.45, 7) is 11.4. The van der Waals surface area contributed by atoms with Crippen molar-refractivity contribution in [1.29, 1.82) is 0 Å². The average Bonchev–Trinajstić information content (AvgIpc) is 2.60. The molecule has 0 spiro atoms. The van der Waals surface area contributed by atoms with E-state index in [1.54, 1.807) is 36.4 Å². The van der Waals surface area contributed by atoms with E-state index in [1.165, 1.54) is 12.2 Å². The summed E-state index contributed by atoms with van der Waals surface area (Å²) < 4.78 is 0. The van der Waals surface area contributed by atoms with Gasteiger partial charge in [-0.05, 0) is 34.4 Å². The molecule has 0 atom stereocenters. The highest BCUT2D eigenvalue weighted by atomic mass is 16.4. The van der Waals surface area contributed by atoms with Crippen LogP contribution in [0.4, 0.5) is 0 Å². The Balaban J connectivity index is 2.58. The Kier molecular flexibility index (Phi) is 4.93. The number of hydrogen-bond donors (Lipinski definition) is 2. The highest BCUT2D eigenvalue weighted by molar-refractivity contribution is 5.93. The van der Waals surface area contributed by atoms with Gasteiger partial charge < -0.3 is 10.2 Å². The van der Waals surface area contributed by atoms with E-state index in [-0.39, 0.29) is 11.1 Å². The maximum atomic E-state index is 11.3. The van der Waals surface area contributed by atoms with Crippen molar-refractivity contribution in [2.75, 3.05) is 0 Å². The third kappa shape index (κ3) is 3.38. The van der Waals surface area contributed by atoms with E-state index in [0.717, 1.165) is 11.1 Å². The lowest BCUT2D eigenvalue weighted by Gasteiger charge is -2.27. The molecule has 0 bridgehead atoms. The SMILES string of the molecule is C=Cc1cc(C(C)(C)c2ccc(C(=O)O)c(C=C)c2)ccc1C(=O)O. The minimum atomic E-state index is -1.00. The fourth-order valence-corrected chi connectivity index (χ4v) is 2.80. The van der Waals surface area contributed by atoms with Gasteiger partial charge in [0.25, 0.3) is 0 Å². The Labute approximate surface area is 146 Å². The molecule has 4 heteroatoms. The second-order valence-electron chi connectivity index (χ2n) is 6.25. The monoisotopic (exact) mass is 336 g/mol. The summed E-state index contributed by atoms with van der Waals surface area (Å²) in [5, 5.41) is 18.5. The van der Waals surface area contributed by atoms with Crippen molar-refractivity contribution in [3.05, 3.63) is 82.9 Å². The lowest BCUT2D eigenvalue weighted by Crippen LogP contribution is -2.20. The topological polar surface area (TPSA) is 74.6 Å². The van der Waals surface area contributed by atoms with Gasteiger partial charge >= 0.3 is 11.9 Å². The molecule has 0 fully saturated rings. The molecule has 0 aliphatic heterocycles. The van der Waals surface area contributed by atoms with Gasteiger partial charge in [-0.2, -0.15) is 0 Å². The van der Waals surface area contributed by atoms with Crippen LogP contribution in [0.2, 0.25) is 0 Å². The number of hydrogen-bond acceptors (Lipinski definition) is 2. The lowest BCUT2D eigenvalue weighted by atomic mass is 9.76. The molecule has 0 aliphatic rings. The fraction of sp³-hybridized carbons (Fsp3) is 0.143. The Bertz CT molecular complexity index is 804. The summed E-state index contributed by atoms with van der Waals surface area (Å²) in [5.74, 6) is -2.00. The van der Waals surface area contributed by atoms with Crippen molar-refractivity contribution >= 4 is 24.1 Å². The molecular weight excluding hydrogens is 316 g/mol. The molecule has 128 valence electrons. The van der Waals surface area contributed by atoms with E-state index in [0.29, 0.717) is 11.1 Å². The van der Waals surface area contributed by atoms with Gasteiger partial charge in [-0.1, -0.05) is 63.4 Å². The minimum Gasteiger partial charge on any atom is -0.478 e. The summed E-state index contributed by atoms with van der Waals surface area (Å²) in [6, 6.07) is 10.3. The second kappa shape index (κ2) is 6.77. The normalized spacial score (nSPS) is 11.0. The zero-order valence-electron chi connectivity index (χ0n) is 14.2. The van der Waals surface area contributed by atoms with Gasteiger partial charge in [0.15, 0.2) is 0 Å². The lowest BCUT2D eigenvalue weighted by molar-refractivity contribution is 0.0686. The maximum absolute atomic E-state index is 11.3. The highest BCUT2D eigenvalue weighted by Crippen LogP contribution is 2.34. The van der Waals surface area contributed by atoms with E-state index in [2.05, 4.69) is 13.2 Å². The first-order valence-electron chi connectivity index (χ1n) is 7.73. The average molecular weight is 336 g/mol. The maximum Gasteiger partial charge on any atom is 0.336 e. The van der Waals surface area contributed by atoms with Crippen molar-refractivity contribution in [2.45, 2.75) is 19.3 Å². The molecule has 0 unspecified atom stereocenters. The minimum absolute atomic E-state index is 0.197. The van der Waals surface area contributed by atoms with Crippen LogP contribution in [-0.2, 0) is 5.41 Å². The van der Waals surface area contributed by atoms with E-state index >= 15 is 0 Å². The highest BCUT2D eigenvalue weighted by Gasteiger charge is 2.25. The standard InChI is InChI=1S/C21H20O4/c1-5-13-11-15(7-9-17(13)19(22)23)21(3,4)16-8-10-18(20(24)25)14(6-2)12-16/h5-12H,1-2H2,3-4H3,(H,22,23)(H,24,25). The number of carboxylic acids is 2. The second-order valence-corrected chi connectivity index (χ2v) is 6.25. The van der Waals surface area contributed by atoms with Crippen LogP contribution in [0.15, 0.2) is 49.6 Å². The zero-order chi connectivity index (χ0) is 18.8. The Morgan fingerprint density at radius 2 is 1.20 bits per heavy atom. The van der Waals surface area contributed by atoms with Crippen LogP contribution < -0.4 is 0 Å². The smallest absolute Gasteiger partial charge is 0.336 e. The molecule has 0 saturated carbocycles. The van der Waals surface area contributed by atoms with Crippen LogP contribution in [0.5, 0.6) is 0 Å². The molecule has 0 radical (unpaired) electrons. The Morgan fingerprint density at radius 1 is 0.840 bits per heavy atom. The molecule has 25 heavy (non-hydrogen) atoms. The first-order chi connectivity index (χ1) is 11.7. The summed E-state index contributed by atoms with van der Waals surface area (Å²) in [6.07, 6.45) is 3.04. The summed E-state index contributed by atoms with van der Waals surface area (Å²) in [4.78, 5) is 22.6. The van der Waals surface area contributed by atoms with E-state index < -0.39 is 17.4 Å². The molecule has 0 aliphatic carbocycles. The molecule has 0 aromatic heterocycles. The zero-order valence-corrected chi connectivity index (χ0v) is 14.2. The number of carbonyl (C=O) groups is 2. The van der Waals surface area contributed by atoms with Crippen LogP contribution >= 0.6 is 0 Å². The summed E-state index contributed by atoms with van der Waals surface area (Å²) in [7, 11) is 0. The number of aromatic carboxylic acids is 2. The van der Waals surface area contributed by atoms with Gasteiger partial charge in [0, 0.05) is 5.41 Å². The van der Waals surface area contributed by atoms with Crippen molar-refractivity contribution in [3.63, 3.8) is 0 Å². The third-order valence-electron chi connectivity index (χ3n) is 4.45. The molecule has 0 amide bonds.